The minimum Gasteiger partial charge on any atom is -0.422 e. The summed E-state index contributed by atoms with van der Waals surface area (Å²) in [5.74, 6) is 0.514. The fourth-order valence-electron chi connectivity index (χ4n) is 2.12. The number of nitrogen functional groups attached to an aromatic ring is 1. The lowest BCUT2D eigenvalue weighted by atomic mass is 10.1. The van der Waals surface area contributed by atoms with Crippen molar-refractivity contribution >= 4 is 23.8 Å². The van der Waals surface area contributed by atoms with Crippen LogP contribution >= 0.6 is 0 Å². The molecule has 3 aromatic rings. The molecule has 0 spiro atoms. The lowest BCUT2D eigenvalue weighted by molar-refractivity contribution is 0.0734. The van der Waals surface area contributed by atoms with Gasteiger partial charge in [-0.05, 0) is 37.3 Å². The molecule has 2 aromatic carbocycles. The van der Waals surface area contributed by atoms with Gasteiger partial charge in [0.25, 0.3) is 0 Å². The Hall–Kier alpha value is -3.34. The monoisotopic (exact) mass is 320 g/mol. The van der Waals surface area contributed by atoms with Crippen molar-refractivity contribution in [2.45, 2.75) is 6.92 Å². The second kappa shape index (κ2) is 6.83. The zero-order valence-corrected chi connectivity index (χ0v) is 13.1. The number of ether oxygens (including phenoxy) is 1. The normalized spacial score (nSPS) is 10.9. The number of esters is 1. The van der Waals surface area contributed by atoms with Gasteiger partial charge in [-0.25, -0.2) is 4.79 Å². The zero-order valence-electron chi connectivity index (χ0n) is 13.1. The molecule has 0 saturated carbocycles. The number of aromatic nitrogens is 1. The minimum absolute atomic E-state index is 0.411. The van der Waals surface area contributed by atoms with Crippen LogP contribution in [-0.2, 0) is 0 Å². The molecule has 0 saturated heterocycles. The molecule has 0 aliphatic carbocycles. The summed E-state index contributed by atoms with van der Waals surface area (Å²) < 4.78 is 10.6. The molecule has 0 atom stereocenters. The molecule has 0 unspecified atom stereocenters. The topological polar surface area (TPSA) is 78.4 Å². The van der Waals surface area contributed by atoms with E-state index < -0.39 is 5.97 Å². The molecule has 0 aliphatic rings. The predicted molar refractivity (Wildman–Crippen MR) is 92.4 cm³/mol. The first-order valence-electron chi connectivity index (χ1n) is 7.41. The number of benzene rings is 2. The van der Waals surface area contributed by atoms with Gasteiger partial charge in [0, 0.05) is 5.56 Å². The van der Waals surface area contributed by atoms with Crippen molar-refractivity contribution in [3.05, 3.63) is 77.2 Å². The van der Waals surface area contributed by atoms with Crippen LogP contribution in [0.1, 0.15) is 27.4 Å². The van der Waals surface area contributed by atoms with E-state index in [9.17, 15) is 4.79 Å². The van der Waals surface area contributed by atoms with E-state index in [1.165, 1.54) is 0 Å². The number of aryl methyl sites for hydroxylation is 1. The number of nitrogens with two attached hydrogens (primary N) is 1. The molecule has 0 bridgehead atoms. The van der Waals surface area contributed by atoms with Crippen molar-refractivity contribution in [1.29, 1.82) is 0 Å². The van der Waals surface area contributed by atoms with Gasteiger partial charge in [0.2, 0.25) is 0 Å². The second-order valence-corrected chi connectivity index (χ2v) is 5.17. The Balaban J connectivity index is 1.83. The highest BCUT2D eigenvalue weighted by Crippen LogP contribution is 2.24. The Labute approximate surface area is 139 Å². The van der Waals surface area contributed by atoms with E-state index in [4.69, 9.17) is 15.0 Å². The van der Waals surface area contributed by atoms with Gasteiger partial charge < -0.3 is 15.0 Å². The predicted octanol–water partition coefficient (Wildman–Crippen LogP) is 3.95. The molecule has 24 heavy (non-hydrogen) atoms. The van der Waals surface area contributed by atoms with Crippen LogP contribution < -0.4 is 10.5 Å². The maximum atomic E-state index is 12.2. The van der Waals surface area contributed by atoms with Crippen LogP contribution in [0.15, 0.2) is 59.1 Å². The van der Waals surface area contributed by atoms with Crippen molar-refractivity contribution < 1.29 is 14.1 Å². The first-order chi connectivity index (χ1) is 11.6. The molecule has 0 amide bonds. The van der Waals surface area contributed by atoms with Crippen LogP contribution in [0, 0.1) is 6.92 Å². The number of hydrogen-bond donors (Lipinski definition) is 1. The minimum atomic E-state index is -0.411. The van der Waals surface area contributed by atoms with Gasteiger partial charge in [-0.2, -0.15) is 0 Å². The molecule has 5 nitrogen and oxygen atoms in total. The Bertz CT molecular complexity index is 883. The summed E-state index contributed by atoms with van der Waals surface area (Å²) >= 11 is 0. The average Bonchev–Trinajstić information content (AvgIpc) is 2.93. The molecule has 0 radical (unpaired) electrons. The van der Waals surface area contributed by atoms with E-state index in [1.807, 2.05) is 18.2 Å². The van der Waals surface area contributed by atoms with Gasteiger partial charge in [0.15, 0.2) is 5.76 Å². The van der Waals surface area contributed by atoms with Gasteiger partial charge in [0.1, 0.15) is 17.1 Å². The maximum absolute atomic E-state index is 12.2. The third-order valence-electron chi connectivity index (χ3n) is 3.48. The second-order valence-electron chi connectivity index (χ2n) is 5.17. The standard InChI is InChI=1S/C19H16N2O3/c1-13-18(20)17(24-21-13)12-11-14-7-5-6-10-16(14)23-19(22)15-8-3-2-4-9-15/h2-12H,20H2,1H3/b12-11+. The lowest BCUT2D eigenvalue weighted by Gasteiger charge is -2.07. The van der Waals surface area contributed by atoms with Gasteiger partial charge in [-0.15, -0.1) is 0 Å². The highest BCUT2D eigenvalue weighted by molar-refractivity contribution is 5.91. The number of hydrogen-bond acceptors (Lipinski definition) is 5. The van der Waals surface area contributed by atoms with Crippen LogP contribution in [0.4, 0.5) is 5.69 Å². The van der Waals surface area contributed by atoms with E-state index in [-0.39, 0.29) is 0 Å². The summed E-state index contributed by atoms with van der Waals surface area (Å²) in [7, 11) is 0. The Morgan fingerprint density at radius 2 is 1.79 bits per heavy atom. The summed E-state index contributed by atoms with van der Waals surface area (Å²) in [5.41, 5.74) is 8.22. The molecule has 3 rings (SSSR count). The van der Waals surface area contributed by atoms with Crippen molar-refractivity contribution in [2.24, 2.45) is 0 Å². The van der Waals surface area contributed by atoms with Gasteiger partial charge in [-0.1, -0.05) is 41.6 Å². The first-order valence-corrected chi connectivity index (χ1v) is 7.41. The first kappa shape index (κ1) is 15.6. The highest BCUT2D eigenvalue weighted by Gasteiger charge is 2.10. The van der Waals surface area contributed by atoms with Gasteiger partial charge in [0.05, 0.1) is 5.56 Å². The van der Waals surface area contributed by atoms with Crippen LogP contribution in [0.2, 0.25) is 0 Å². The van der Waals surface area contributed by atoms with Crippen LogP contribution in [0.5, 0.6) is 5.75 Å². The molecule has 1 aromatic heterocycles. The Morgan fingerprint density at radius 3 is 2.50 bits per heavy atom. The molecule has 0 fully saturated rings. The summed E-state index contributed by atoms with van der Waals surface area (Å²) in [6, 6.07) is 16.1. The van der Waals surface area contributed by atoms with Gasteiger partial charge in [-0.3, -0.25) is 0 Å². The highest BCUT2D eigenvalue weighted by atomic mass is 16.5. The van der Waals surface area contributed by atoms with Crippen molar-refractivity contribution in [3.8, 4) is 5.75 Å². The average molecular weight is 320 g/mol. The number of para-hydroxylation sites is 1. The molecular weight excluding hydrogens is 304 g/mol. The van der Waals surface area contributed by atoms with E-state index in [0.29, 0.717) is 28.5 Å². The van der Waals surface area contributed by atoms with Gasteiger partial charge >= 0.3 is 5.97 Å². The third-order valence-corrected chi connectivity index (χ3v) is 3.48. The number of anilines is 1. The summed E-state index contributed by atoms with van der Waals surface area (Å²) in [6.07, 6.45) is 3.47. The Kier molecular flexibility index (Phi) is 4.43. The SMILES string of the molecule is Cc1noc(/C=C/c2ccccc2OC(=O)c2ccccc2)c1N. The summed E-state index contributed by atoms with van der Waals surface area (Å²) in [5, 5.41) is 3.80. The molecule has 2 N–H and O–H groups in total. The van der Waals surface area contributed by atoms with Crippen molar-refractivity contribution in [1.82, 2.24) is 5.16 Å². The van der Waals surface area contributed by atoms with E-state index in [1.54, 1.807) is 55.5 Å². The number of carbonyl (C=O) groups is 1. The molecule has 1 heterocycles. The van der Waals surface area contributed by atoms with E-state index in [0.717, 1.165) is 5.56 Å². The van der Waals surface area contributed by atoms with Crippen LogP contribution in [0.3, 0.4) is 0 Å². The van der Waals surface area contributed by atoms with Crippen LogP contribution in [-0.4, -0.2) is 11.1 Å². The summed E-state index contributed by atoms with van der Waals surface area (Å²) in [6.45, 7) is 1.77. The number of carbonyl (C=O) groups excluding carboxylic acids is 1. The Morgan fingerprint density at radius 1 is 1.08 bits per heavy atom. The van der Waals surface area contributed by atoms with Crippen molar-refractivity contribution in [3.63, 3.8) is 0 Å². The smallest absolute Gasteiger partial charge is 0.343 e. The lowest BCUT2D eigenvalue weighted by Crippen LogP contribution is -2.08. The maximum Gasteiger partial charge on any atom is 0.343 e. The molecule has 5 heteroatoms. The third kappa shape index (κ3) is 3.35. The van der Waals surface area contributed by atoms with E-state index in [2.05, 4.69) is 5.16 Å². The fraction of sp³-hybridized carbons (Fsp3) is 0.0526. The quantitative estimate of drug-likeness (QED) is 0.581. The van der Waals surface area contributed by atoms with E-state index >= 15 is 0 Å². The van der Waals surface area contributed by atoms with Crippen molar-refractivity contribution in [2.75, 3.05) is 5.73 Å². The molecular formula is C19H16N2O3. The van der Waals surface area contributed by atoms with Crippen LogP contribution in [0.25, 0.3) is 12.2 Å². The molecule has 120 valence electrons. The molecule has 0 aliphatic heterocycles. The zero-order chi connectivity index (χ0) is 16.9. The number of rotatable bonds is 4. The largest absolute Gasteiger partial charge is 0.422 e. The number of nitrogens with zero attached hydrogens (tertiary/aromatic N) is 1. The fourth-order valence-corrected chi connectivity index (χ4v) is 2.12. The summed E-state index contributed by atoms with van der Waals surface area (Å²) in [4.78, 5) is 12.2.